The van der Waals surface area contributed by atoms with E-state index in [0.717, 1.165) is 38.4 Å². The first-order valence-corrected chi connectivity index (χ1v) is 11.9. The average Bonchev–Trinajstić information content (AvgIpc) is 3.00. The Morgan fingerprint density at radius 2 is 2.00 bits per heavy atom. The van der Waals surface area contributed by atoms with Crippen LogP contribution in [0.3, 0.4) is 0 Å². The third kappa shape index (κ3) is 4.95. The summed E-state index contributed by atoms with van der Waals surface area (Å²) in [4.78, 5) is 53.8. The summed E-state index contributed by atoms with van der Waals surface area (Å²) < 4.78 is 9.83. The molecule has 1 N–H and O–H groups in total. The number of aromatic nitrogens is 3. The van der Waals surface area contributed by atoms with Crippen LogP contribution in [0.5, 0.6) is 0 Å². The second kappa shape index (κ2) is 10.3. The number of fused-ring (bicyclic) bond motifs is 1. The standard InChI is InChI=1S/C23H27N5O5S/c1-4-33-22(30)15-6-7-17(24-12-15)28-9-5-8-27(10-11-28)13-16-25-20(29)18-14(2)19(23(31)32-3)34-21(18)26-16/h6-7,12H,4-5,8-11,13H2,1-3H3,(H,25,26,29). The Bertz CT molecular complexity index is 1250. The highest BCUT2D eigenvalue weighted by molar-refractivity contribution is 7.20. The average molecular weight is 486 g/mol. The predicted molar refractivity (Wildman–Crippen MR) is 129 cm³/mol. The van der Waals surface area contributed by atoms with Gasteiger partial charge in [-0.1, -0.05) is 0 Å². The molecule has 0 unspecified atom stereocenters. The van der Waals surface area contributed by atoms with Crippen LogP contribution in [-0.2, 0) is 16.0 Å². The minimum Gasteiger partial charge on any atom is -0.465 e. The second-order valence-corrected chi connectivity index (χ2v) is 8.98. The van der Waals surface area contributed by atoms with Gasteiger partial charge >= 0.3 is 11.9 Å². The highest BCUT2D eigenvalue weighted by atomic mass is 32.1. The maximum Gasteiger partial charge on any atom is 0.348 e. The highest BCUT2D eigenvalue weighted by Crippen LogP contribution is 2.27. The number of thiophene rings is 1. The van der Waals surface area contributed by atoms with Crippen molar-refractivity contribution >= 4 is 39.3 Å². The summed E-state index contributed by atoms with van der Waals surface area (Å²) in [6, 6.07) is 3.57. The summed E-state index contributed by atoms with van der Waals surface area (Å²) in [5, 5.41) is 0.438. The summed E-state index contributed by atoms with van der Waals surface area (Å²) in [5.74, 6) is 0.549. The van der Waals surface area contributed by atoms with Crippen LogP contribution >= 0.6 is 11.3 Å². The monoisotopic (exact) mass is 485 g/mol. The van der Waals surface area contributed by atoms with Crippen LogP contribution < -0.4 is 10.5 Å². The largest absolute Gasteiger partial charge is 0.465 e. The minimum atomic E-state index is -0.460. The third-order valence-electron chi connectivity index (χ3n) is 5.77. The molecule has 1 aliphatic heterocycles. The van der Waals surface area contributed by atoms with Crippen LogP contribution in [0.25, 0.3) is 10.2 Å². The lowest BCUT2D eigenvalue weighted by molar-refractivity contribution is 0.0525. The number of carbonyl (C=O) groups excluding carboxylic acids is 2. The number of esters is 2. The van der Waals surface area contributed by atoms with Crippen molar-refractivity contribution in [3.63, 3.8) is 0 Å². The fourth-order valence-corrected chi connectivity index (χ4v) is 5.15. The summed E-state index contributed by atoms with van der Waals surface area (Å²) in [5.41, 5.74) is 0.789. The van der Waals surface area contributed by atoms with Gasteiger partial charge in [-0.3, -0.25) is 9.69 Å². The van der Waals surface area contributed by atoms with E-state index in [1.54, 1.807) is 26.1 Å². The van der Waals surface area contributed by atoms with Gasteiger partial charge in [0.05, 0.1) is 31.2 Å². The zero-order valence-corrected chi connectivity index (χ0v) is 20.2. The number of rotatable bonds is 6. The molecule has 0 aliphatic carbocycles. The fraction of sp³-hybridized carbons (Fsp3) is 0.435. The Morgan fingerprint density at radius 3 is 2.71 bits per heavy atom. The molecule has 0 atom stereocenters. The van der Waals surface area contributed by atoms with E-state index in [-0.39, 0.29) is 11.5 Å². The highest BCUT2D eigenvalue weighted by Gasteiger charge is 2.21. The van der Waals surface area contributed by atoms with E-state index >= 15 is 0 Å². The van der Waals surface area contributed by atoms with Gasteiger partial charge in [0.2, 0.25) is 0 Å². The van der Waals surface area contributed by atoms with E-state index in [2.05, 4.69) is 24.8 Å². The molecule has 0 aromatic carbocycles. The van der Waals surface area contributed by atoms with Gasteiger partial charge in [0.25, 0.3) is 5.56 Å². The maximum atomic E-state index is 12.7. The second-order valence-electron chi connectivity index (χ2n) is 7.98. The van der Waals surface area contributed by atoms with Crippen molar-refractivity contribution in [1.29, 1.82) is 0 Å². The van der Waals surface area contributed by atoms with E-state index in [9.17, 15) is 14.4 Å². The SMILES string of the molecule is CCOC(=O)c1ccc(N2CCCN(Cc3nc4sc(C(=O)OC)c(C)c4c(=O)[nH]3)CC2)nc1. The van der Waals surface area contributed by atoms with Gasteiger partial charge < -0.3 is 19.4 Å². The van der Waals surface area contributed by atoms with Crippen molar-refractivity contribution in [2.75, 3.05) is 44.8 Å². The molecule has 34 heavy (non-hydrogen) atoms. The number of anilines is 1. The molecule has 0 bridgehead atoms. The number of nitrogens with zero attached hydrogens (tertiary/aromatic N) is 4. The van der Waals surface area contributed by atoms with Crippen LogP contribution in [0.1, 0.15) is 44.8 Å². The van der Waals surface area contributed by atoms with Gasteiger partial charge in [-0.25, -0.2) is 19.6 Å². The van der Waals surface area contributed by atoms with Gasteiger partial charge in [0.1, 0.15) is 21.3 Å². The molecule has 180 valence electrons. The quantitative estimate of drug-likeness (QED) is 0.525. The van der Waals surface area contributed by atoms with Crippen molar-refractivity contribution < 1.29 is 19.1 Å². The number of pyridine rings is 1. The van der Waals surface area contributed by atoms with E-state index in [4.69, 9.17) is 9.47 Å². The molecule has 0 spiro atoms. The molecule has 3 aromatic rings. The Kier molecular flexibility index (Phi) is 7.23. The van der Waals surface area contributed by atoms with Gasteiger partial charge in [0.15, 0.2) is 0 Å². The Morgan fingerprint density at radius 1 is 1.18 bits per heavy atom. The molecule has 0 amide bonds. The van der Waals surface area contributed by atoms with Gasteiger partial charge in [0, 0.05) is 32.4 Å². The van der Waals surface area contributed by atoms with Crippen LogP contribution in [0, 0.1) is 6.92 Å². The first-order valence-electron chi connectivity index (χ1n) is 11.1. The summed E-state index contributed by atoms with van der Waals surface area (Å²) in [7, 11) is 1.32. The zero-order valence-electron chi connectivity index (χ0n) is 19.4. The smallest absolute Gasteiger partial charge is 0.348 e. The number of nitrogens with one attached hydrogen (secondary N) is 1. The van der Waals surface area contributed by atoms with Crippen molar-refractivity contribution in [3.8, 4) is 0 Å². The molecule has 10 nitrogen and oxygen atoms in total. The fourth-order valence-electron chi connectivity index (χ4n) is 4.03. The molecular weight excluding hydrogens is 458 g/mol. The van der Waals surface area contributed by atoms with Crippen molar-refractivity contribution in [1.82, 2.24) is 19.9 Å². The summed E-state index contributed by atoms with van der Waals surface area (Å²) in [6.07, 6.45) is 2.46. The molecule has 1 saturated heterocycles. The Balaban J connectivity index is 1.44. The number of H-pyrrole nitrogens is 1. The zero-order chi connectivity index (χ0) is 24.2. The molecule has 1 fully saturated rings. The number of aryl methyl sites for hydroxylation is 1. The maximum absolute atomic E-state index is 12.7. The summed E-state index contributed by atoms with van der Waals surface area (Å²) in [6.45, 7) is 7.52. The molecule has 1 aliphatic rings. The van der Waals surface area contributed by atoms with Crippen LogP contribution in [0.4, 0.5) is 5.82 Å². The van der Waals surface area contributed by atoms with Gasteiger partial charge in [-0.05, 0) is 38.0 Å². The van der Waals surface area contributed by atoms with E-state index < -0.39 is 5.97 Å². The van der Waals surface area contributed by atoms with Gasteiger partial charge in [-0.15, -0.1) is 11.3 Å². The van der Waals surface area contributed by atoms with Crippen molar-refractivity contribution in [2.24, 2.45) is 0 Å². The molecule has 3 aromatic heterocycles. The molecule has 4 heterocycles. The van der Waals surface area contributed by atoms with Crippen LogP contribution in [-0.4, -0.2) is 71.7 Å². The molecule has 4 rings (SSSR count). The van der Waals surface area contributed by atoms with E-state index in [1.165, 1.54) is 18.4 Å². The van der Waals surface area contributed by atoms with Crippen molar-refractivity contribution in [2.45, 2.75) is 26.8 Å². The lowest BCUT2D eigenvalue weighted by Gasteiger charge is -2.22. The normalized spacial score (nSPS) is 14.7. The lowest BCUT2D eigenvalue weighted by Crippen LogP contribution is -2.31. The van der Waals surface area contributed by atoms with Crippen LogP contribution in [0.15, 0.2) is 23.1 Å². The summed E-state index contributed by atoms with van der Waals surface area (Å²) >= 11 is 1.18. The molecular formula is C23H27N5O5S. The van der Waals surface area contributed by atoms with Crippen molar-refractivity contribution in [3.05, 3.63) is 50.5 Å². The van der Waals surface area contributed by atoms with Crippen LogP contribution in [0.2, 0.25) is 0 Å². The number of hydrogen-bond acceptors (Lipinski definition) is 10. The predicted octanol–water partition coefficient (Wildman–Crippen LogP) is 2.36. The number of hydrogen-bond donors (Lipinski definition) is 1. The first kappa shape index (κ1) is 23.8. The van der Waals surface area contributed by atoms with E-state index in [0.29, 0.717) is 45.2 Å². The Hall–Kier alpha value is -3.31. The third-order valence-corrected chi connectivity index (χ3v) is 6.93. The first-order chi connectivity index (χ1) is 16.4. The topological polar surface area (TPSA) is 118 Å². The molecule has 0 radical (unpaired) electrons. The van der Waals surface area contributed by atoms with E-state index in [1.807, 2.05) is 6.07 Å². The lowest BCUT2D eigenvalue weighted by atomic mass is 10.2. The number of ether oxygens (including phenoxy) is 2. The number of methoxy groups -OCH3 is 1. The number of aromatic amines is 1. The molecule has 0 saturated carbocycles. The minimum absolute atomic E-state index is 0.244. The van der Waals surface area contributed by atoms with Gasteiger partial charge in [-0.2, -0.15) is 0 Å². The molecule has 11 heteroatoms. The Labute approximate surface area is 200 Å². The number of carbonyl (C=O) groups is 2.